The van der Waals surface area contributed by atoms with Gasteiger partial charge in [0.1, 0.15) is 28.5 Å². The number of aromatic nitrogens is 1. The predicted molar refractivity (Wildman–Crippen MR) is 84.5 cm³/mol. The van der Waals surface area contributed by atoms with Crippen LogP contribution in [0.3, 0.4) is 0 Å². The molecule has 0 radical (unpaired) electrons. The third kappa shape index (κ3) is 3.08. The molecule has 0 saturated carbocycles. The van der Waals surface area contributed by atoms with Gasteiger partial charge in [0.15, 0.2) is 0 Å². The van der Waals surface area contributed by atoms with Crippen LogP contribution in [0, 0.1) is 6.92 Å². The van der Waals surface area contributed by atoms with Crippen molar-refractivity contribution in [1.82, 2.24) is 5.16 Å². The van der Waals surface area contributed by atoms with Gasteiger partial charge >= 0.3 is 5.97 Å². The molecule has 0 aliphatic rings. The summed E-state index contributed by atoms with van der Waals surface area (Å²) in [4.78, 5) is 11.9. The first-order valence-electron chi connectivity index (χ1n) is 7.07. The number of nitrogens with zero attached hydrogens (tertiary/aromatic N) is 1. The smallest absolute Gasteiger partial charge is 0.343 e. The van der Waals surface area contributed by atoms with Crippen molar-refractivity contribution in [2.24, 2.45) is 0 Å². The highest BCUT2D eigenvalue weighted by Gasteiger charge is 2.22. The molecule has 0 atom stereocenters. The summed E-state index contributed by atoms with van der Waals surface area (Å²) in [6.07, 6.45) is 0. The van der Waals surface area contributed by atoms with E-state index in [0.717, 1.165) is 11.3 Å². The molecule has 0 unspecified atom stereocenters. The van der Waals surface area contributed by atoms with Gasteiger partial charge < -0.3 is 14.0 Å². The number of carbonyl (C=O) groups is 1. The molecule has 0 bridgehead atoms. The molecule has 5 nitrogen and oxygen atoms in total. The summed E-state index contributed by atoms with van der Waals surface area (Å²) < 4.78 is 15.6. The molecular weight excluding hydrogens is 294 g/mol. The number of rotatable bonds is 4. The summed E-state index contributed by atoms with van der Waals surface area (Å²) in [7, 11) is 1.33. The average Bonchev–Trinajstić information content (AvgIpc) is 2.97. The molecule has 2 aromatic carbocycles. The van der Waals surface area contributed by atoms with Crippen molar-refractivity contribution in [3.05, 3.63) is 65.9 Å². The molecule has 3 rings (SSSR count). The molecule has 1 heterocycles. The normalized spacial score (nSPS) is 10.3. The van der Waals surface area contributed by atoms with Gasteiger partial charge in [0.05, 0.1) is 7.11 Å². The van der Waals surface area contributed by atoms with E-state index in [9.17, 15) is 4.79 Å². The number of hydrogen-bond acceptors (Lipinski definition) is 5. The Morgan fingerprint density at radius 1 is 1.00 bits per heavy atom. The van der Waals surface area contributed by atoms with E-state index in [-0.39, 0.29) is 0 Å². The number of carbonyl (C=O) groups excluding carboxylic acids is 1. The lowest BCUT2D eigenvalue weighted by molar-refractivity contribution is 0.0599. The van der Waals surface area contributed by atoms with Crippen molar-refractivity contribution < 1.29 is 18.8 Å². The summed E-state index contributed by atoms with van der Waals surface area (Å²) >= 11 is 0. The Labute approximate surface area is 133 Å². The van der Waals surface area contributed by atoms with Crippen LogP contribution < -0.4 is 4.74 Å². The molecule has 3 aromatic rings. The van der Waals surface area contributed by atoms with Gasteiger partial charge in [0.25, 0.3) is 0 Å². The fraction of sp³-hybridized carbons (Fsp3) is 0.111. The van der Waals surface area contributed by atoms with E-state index in [1.165, 1.54) is 7.11 Å². The number of para-hydroxylation sites is 1. The lowest BCUT2D eigenvalue weighted by Crippen LogP contribution is -2.03. The first-order chi connectivity index (χ1) is 11.2. The molecule has 0 saturated heterocycles. The minimum absolute atomic E-state index is 0.337. The molecular formula is C18H15NO4. The van der Waals surface area contributed by atoms with Crippen LogP contribution in [0.2, 0.25) is 0 Å². The SMILES string of the molecule is COC(=O)c1c(-c2ccc(Oc3ccccc3)cc2)noc1C. The maximum atomic E-state index is 11.9. The summed E-state index contributed by atoms with van der Waals surface area (Å²) in [6, 6.07) is 16.8. The summed E-state index contributed by atoms with van der Waals surface area (Å²) in [6.45, 7) is 1.68. The van der Waals surface area contributed by atoms with Crippen molar-refractivity contribution in [2.75, 3.05) is 7.11 Å². The van der Waals surface area contributed by atoms with Crippen LogP contribution in [0.4, 0.5) is 0 Å². The first-order valence-corrected chi connectivity index (χ1v) is 7.07. The van der Waals surface area contributed by atoms with Gasteiger partial charge in [-0.05, 0) is 43.3 Å². The zero-order chi connectivity index (χ0) is 16.2. The predicted octanol–water partition coefficient (Wildman–Crippen LogP) is 4.23. The van der Waals surface area contributed by atoms with E-state index < -0.39 is 5.97 Å². The van der Waals surface area contributed by atoms with Crippen molar-refractivity contribution in [2.45, 2.75) is 6.92 Å². The number of ether oxygens (including phenoxy) is 2. The standard InChI is InChI=1S/C18H15NO4/c1-12-16(18(20)21-2)17(19-23-12)13-8-10-15(11-9-13)22-14-6-4-3-5-7-14/h3-11H,1-2H3. The molecule has 0 fully saturated rings. The van der Waals surface area contributed by atoms with Gasteiger partial charge in [-0.1, -0.05) is 23.4 Å². The Morgan fingerprint density at radius 3 is 2.30 bits per heavy atom. The second-order valence-corrected chi connectivity index (χ2v) is 4.89. The Balaban J connectivity index is 1.87. The number of hydrogen-bond donors (Lipinski definition) is 0. The largest absolute Gasteiger partial charge is 0.465 e. The Morgan fingerprint density at radius 2 is 1.65 bits per heavy atom. The van der Waals surface area contributed by atoms with E-state index in [2.05, 4.69) is 5.16 Å². The molecule has 23 heavy (non-hydrogen) atoms. The summed E-state index contributed by atoms with van der Waals surface area (Å²) in [5, 5.41) is 3.95. The molecule has 0 amide bonds. The molecule has 0 aliphatic heterocycles. The van der Waals surface area contributed by atoms with Crippen LogP contribution in [0.1, 0.15) is 16.1 Å². The van der Waals surface area contributed by atoms with Gasteiger partial charge in [0, 0.05) is 5.56 Å². The number of aryl methyl sites for hydroxylation is 1. The highest BCUT2D eigenvalue weighted by atomic mass is 16.5. The minimum Gasteiger partial charge on any atom is -0.465 e. The van der Waals surface area contributed by atoms with Gasteiger partial charge in [-0.3, -0.25) is 0 Å². The first kappa shape index (κ1) is 14.8. The quantitative estimate of drug-likeness (QED) is 0.675. The Kier molecular flexibility index (Phi) is 4.10. The summed E-state index contributed by atoms with van der Waals surface area (Å²) in [5.41, 5.74) is 1.55. The van der Waals surface area contributed by atoms with Gasteiger partial charge in [-0.2, -0.15) is 0 Å². The van der Waals surface area contributed by atoms with Crippen LogP contribution >= 0.6 is 0 Å². The molecule has 0 N–H and O–H groups in total. The van der Waals surface area contributed by atoms with Crippen LogP contribution in [0.15, 0.2) is 59.1 Å². The van der Waals surface area contributed by atoms with Crippen LogP contribution in [-0.4, -0.2) is 18.2 Å². The van der Waals surface area contributed by atoms with Gasteiger partial charge in [0.2, 0.25) is 0 Å². The average molecular weight is 309 g/mol. The zero-order valence-electron chi connectivity index (χ0n) is 12.8. The van der Waals surface area contributed by atoms with Crippen molar-refractivity contribution in [3.63, 3.8) is 0 Å². The third-order valence-corrected chi connectivity index (χ3v) is 3.36. The molecule has 0 aliphatic carbocycles. The highest BCUT2D eigenvalue weighted by Crippen LogP contribution is 2.29. The Bertz CT molecular complexity index is 807. The second kappa shape index (κ2) is 6.36. The van der Waals surface area contributed by atoms with Crippen molar-refractivity contribution in [1.29, 1.82) is 0 Å². The van der Waals surface area contributed by atoms with E-state index in [0.29, 0.717) is 22.8 Å². The van der Waals surface area contributed by atoms with Gasteiger partial charge in [-0.25, -0.2) is 4.79 Å². The number of benzene rings is 2. The zero-order valence-corrected chi connectivity index (χ0v) is 12.8. The molecule has 0 spiro atoms. The lowest BCUT2D eigenvalue weighted by atomic mass is 10.1. The number of esters is 1. The lowest BCUT2D eigenvalue weighted by Gasteiger charge is -2.06. The maximum Gasteiger partial charge on any atom is 0.343 e. The second-order valence-electron chi connectivity index (χ2n) is 4.89. The highest BCUT2D eigenvalue weighted by molar-refractivity contribution is 5.97. The topological polar surface area (TPSA) is 61.6 Å². The van der Waals surface area contributed by atoms with E-state index in [4.69, 9.17) is 14.0 Å². The number of methoxy groups -OCH3 is 1. The fourth-order valence-corrected chi connectivity index (χ4v) is 2.22. The third-order valence-electron chi connectivity index (χ3n) is 3.36. The van der Waals surface area contributed by atoms with Crippen LogP contribution in [0.5, 0.6) is 11.5 Å². The molecule has 5 heteroatoms. The van der Waals surface area contributed by atoms with E-state index in [1.807, 2.05) is 54.6 Å². The van der Waals surface area contributed by atoms with Crippen LogP contribution in [-0.2, 0) is 4.74 Å². The molecule has 1 aromatic heterocycles. The van der Waals surface area contributed by atoms with E-state index >= 15 is 0 Å². The fourth-order valence-electron chi connectivity index (χ4n) is 2.22. The monoisotopic (exact) mass is 309 g/mol. The van der Waals surface area contributed by atoms with E-state index in [1.54, 1.807) is 6.92 Å². The van der Waals surface area contributed by atoms with Crippen LogP contribution in [0.25, 0.3) is 11.3 Å². The van der Waals surface area contributed by atoms with Crippen molar-refractivity contribution in [3.8, 4) is 22.8 Å². The Hall–Kier alpha value is -3.08. The van der Waals surface area contributed by atoms with Gasteiger partial charge in [-0.15, -0.1) is 0 Å². The molecule has 116 valence electrons. The maximum absolute atomic E-state index is 11.9. The minimum atomic E-state index is -0.469. The van der Waals surface area contributed by atoms with Crippen molar-refractivity contribution >= 4 is 5.97 Å². The summed E-state index contributed by atoms with van der Waals surface area (Å²) in [5.74, 6) is 1.41.